The molecule has 0 radical (unpaired) electrons. The quantitative estimate of drug-likeness (QED) is 0.241. The molecule has 9 heteroatoms. The number of ether oxygens (including phenoxy) is 3. The van der Waals surface area contributed by atoms with Gasteiger partial charge >= 0.3 is 5.97 Å². The van der Waals surface area contributed by atoms with Gasteiger partial charge in [-0.1, -0.05) is 43.3 Å². The van der Waals surface area contributed by atoms with E-state index in [9.17, 15) is 19.8 Å². The predicted octanol–water partition coefficient (Wildman–Crippen LogP) is 5.36. The summed E-state index contributed by atoms with van der Waals surface area (Å²) >= 11 is 1.64. The minimum absolute atomic E-state index is 0.0123. The van der Waals surface area contributed by atoms with E-state index in [0.29, 0.717) is 11.4 Å². The fraction of sp³-hybridized carbons (Fsp3) is 0.333. The smallest absolute Gasteiger partial charge is 0.303 e. The Hall–Kier alpha value is -3.37. The van der Waals surface area contributed by atoms with Crippen LogP contribution in [0.15, 0.2) is 77.7 Å². The van der Waals surface area contributed by atoms with E-state index in [1.807, 2.05) is 42.5 Å². The second-order valence-electron chi connectivity index (χ2n) is 9.49. The summed E-state index contributed by atoms with van der Waals surface area (Å²) in [6.07, 6.45) is -2.07. The second-order valence-corrected chi connectivity index (χ2v) is 10.6. The molecular formula is C30H33NO7S. The van der Waals surface area contributed by atoms with Crippen molar-refractivity contribution >= 4 is 29.3 Å². The second kappa shape index (κ2) is 13.1. The number of benzene rings is 3. The number of rotatable bonds is 9. The standard InChI is InChI=1S/C30H33NO7S/c1-18-27(17-39-26-13-11-25(34)12-14-26)37-30(38-28(18)22-9-7-21(16-32)8-10-22)23-5-4-6-24(15-23)31-29(35)19(2)36-20(3)33/h4-15,18-19,27-28,30,32,34H,16-17H2,1-3H3,(H,31,35)/t18-,19-,27+,28+,30?/m0/s1. The third-order valence-electron chi connectivity index (χ3n) is 6.51. The molecule has 3 N–H and O–H groups in total. The molecule has 1 aliphatic rings. The number of anilines is 1. The van der Waals surface area contributed by atoms with Gasteiger partial charge in [-0.3, -0.25) is 9.59 Å². The van der Waals surface area contributed by atoms with E-state index in [4.69, 9.17) is 14.2 Å². The molecule has 0 bridgehead atoms. The molecule has 1 amide bonds. The number of phenolic OH excluding ortho intramolecular Hbond substituents is 1. The van der Waals surface area contributed by atoms with Crippen molar-refractivity contribution in [3.8, 4) is 5.75 Å². The molecule has 0 aromatic heterocycles. The zero-order chi connectivity index (χ0) is 27.9. The van der Waals surface area contributed by atoms with Crippen LogP contribution in [0.5, 0.6) is 5.75 Å². The van der Waals surface area contributed by atoms with E-state index in [-0.39, 0.29) is 30.5 Å². The van der Waals surface area contributed by atoms with Crippen LogP contribution < -0.4 is 5.32 Å². The molecule has 5 atom stereocenters. The van der Waals surface area contributed by atoms with Gasteiger partial charge in [0, 0.05) is 34.7 Å². The first-order chi connectivity index (χ1) is 18.7. The molecule has 1 fully saturated rings. The van der Waals surface area contributed by atoms with Gasteiger partial charge in [0.2, 0.25) is 0 Å². The van der Waals surface area contributed by atoms with Crippen LogP contribution >= 0.6 is 11.8 Å². The highest BCUT2D eigenvalue weighted by Gasteiger charge is 2.38. The van der Waals surface area contributed by atoms with E-state index in [0.717, 1.165) is 21.6 Å². The molecule has 0 spiro atoms. The molecule has 1 aliphatic heterocycles. The number of aliphatic hydroxyl groups excluding tert-OH is 1. The van der Waals surface area contributed by atoms with Crippen LogP contribution in [-0.4, -0.2) is 40.1 Å². The summed E-state index contributed by atoms with van der Waals surface area (Å²) < 4.78 is 17.9. The fourth-order valence-electron chi connectivity index (χ4n) is 4.34. The van der Waals surface area contributed by atoms with Gasteiger partial charge in [0.05, 0.1) is 18.8 Å². The third kappa shape index (κ3) is 7.60. The Morgan fingerprint density at radius 3 is 2.41 bits per heavy atom. The van der Waals surface area contributed by atoms with Gasteiger partial charge in [0.25, 0.3) is 5.91 Å². The maximum atomic E-state index is 12.5. The number of aliphatic hydroxyl groups is 1. The summed E-state index contributed by atoms with van der Waals surface area (Å²) in [5, 5.41) is 21.8. The van der Waals surface area contributed by atoms with Gasteiger partial charge < -0.3 is 29.7 Å². The lowest BCUT2D eigenvalue weighted by molar-refractivity contribution is -0.268. The van der Waals surface area contributed by atoms with Gasteiger partial charge in [-0.25, -0.2) is 0 Å². The molecule has 3 aromatic rings. The highest BCUT2D eigenvalue weighted by molar-refractivity contribution is 7.99. The minimum atomic E-state index is -0.929. The number of amides is 1. The number of nitrogens with one attached hydrogen (secondary N) is 1. The van der Waals surface area contributed by atoms with E-state index in [2.05, 4.69) is 12.2 Å². The maximum Gasteiger partial charge on any atom is 0.303 e. The summed E-state index contributed by atoms with van der Waals surface area (Å²) in [5.41, 5.74) is 3.06. The van der Waals surface area contributed by atoms with Gasteiger partial charge in [-0.05, 0) is 54.4 Å². The molecule has 1 saturated heterocycles. The summed E-state index contributed by atoms with van der Waals surface area (Å²) in [7, 11) is 0. The zero-order valence-corrected chi connectivity index (χ0v) is 22.9. The third-order valence-corrected chi connectivity index (χ3v) is 7.61. The lowest BCUT2D eigenvalue weighted by atomic mass is 9.91. The van der Waals surface area contributed by atoms with Crippen molar-refractivity contribution in [1.82, 2.24) is 0 Å². The molecule has 8 nitrogen and oxygen atoms in total. The number of carbonyl (C=O) groups is 2. The van der Waals surface area contributed by atoms with Crippen LogP contribution in [0.25, 0.3) is 0 Å². The lowest BCUT2D eigenvalue weighted by Crippen LogP contribution is -2.38. The Bertz CT molecular complexity index is 1270. The number of aromatic hydroxyl groups is 1. The first kappa shape index (κ1) is 28.6. The van der Waals surface area contributed by atoms with E-state index in [1.54, 1.807) is 42.1 Å². The number of hydrogen-bond acceptors (Lipinski definition) is 8. The lowest BCUT2D eigenvalue weighted by Gasteiger charge is -2.41. The van der Waals surface area contributed by atoms with E-state index >= 15 is 0 Å². The first-order valence-corrected chi connectivity index (χ1v) is 13.7. The molecule has 1 unspecified atom stereocenters. The summed E-state index contributed by atoms with van der Waals surface area (Å²) in [4.78, 5) is 24.7. The summed E-state index contributed by atoms with van der Waals surface area (Å²) in [6.45, 7) is 4.83. The Labute approximate surface area is 232 Å². The Kier molecular flexibility index (Phi) is 9.63. The SMILES string of the molecule is CC(=O)O[C@@H](C)C(=O)Nc1cccc(C2O[C@H](CSc3ccc(O)cc3)[C@H](C)[C@H](c3ccc(CO)cc3)O2)c1. The largest absolute Gasteiger partial charge is 0.508 e. The predicted molar refractivity (Wildman–Crippen MR) is 148 cm³/mol. The van der Waals surface area contributed by atoms with Gasteiger partial charge in [-0.2, -0.15) is 0 Å². The molecule has 3 aromatic carbocycles. The molecule has 206 valence electrons. The Balaban J connectivity index is 1.56. The molecule has 4 rings (SSSR count). The Morgan fingerprint density at radius 1 is 1.03 bits per heavy atom. The zero-order valence-electron chi connectivity index (χ0n) is 22.1. The van der Waals surface area contributed by atoms with Crippen LogP contribution in [0.2, 0.25) is 0 Å². The normalized spacial score (nSPS) is 21.6. The number of thioether (sulfide) groups is 1. The van der Waals surface area contributed by atoms with Crippen LogP contribution in [-0.2, 0) is 30.4 Å². The van der Waals surface area contributed by atoms with Gasteiger partial charge in [0.15, 0.2) is 12.4 Å². The van der Waals surface area contributed by atoms with Crippen molar-refractivity contribution < 1.29 is 34.0 Å². The van der Waals surface area contributed by atoms with Gasteiger partial charge in [0.1, 0.15) is 5.75 Å². The number of esters is 1. The molecular weight excluding hydrogens is 518 g/mol. The van der Waals surface area contributed by atoms with Crippen LogP contribution in [0.4, 0.5) is 5.69 Å². The first-order valence-electron chi connectivity index (χ1n) is 12.7. The van der Waals surface area contributed by atoms with Crippen LogP contribution in [0.3, 0.4) is 0 Å². The fourth-order valence-corrected chi connectivity index (χ4v) is 5.41. The molecule has 0 aliphatic carbocycles. The van der Waals surface area contributed by atoms with Crippen molar-refractivity contribution in [3.05, 3.63) is 89.5 Å². The number of phenols is 1. The van der Waals surface area contributed by atoms with Crippen LogP contribution in [0.1, 0.15) is 49.9 Å². The number of hydrogen-bond donors (Lipinski definition) is 3. The average molecular weight is 552 g/mol. The highest BCUT2D eigenvalue weighted by atomic mass is 32.2. The van der Waals surface area contributed by atoms with Crippen molar-refractivity contribution in [2.45, 2.75) is 56.9 Å². The van der Waals surface area contributed by atoms with Crippen LogP contribution in [0, 0.1) is 5.92 Å². The van der Waals surface area contributed by atoms with Crippen molar-refractivity contribution in [2.24, 2.45) is 5.92 Å². The monoisotopic (exact) mass is 551 g/mol. The highest BCUT2D eigenvalue weighted by Crippen LogP contribution is 2.43. The summed E-state index contributed by atoms with van der Waals surface area (Å²) in [6, 6.07) is 22.0. The Morgan fingerprint density at radius 2 is 1.74 bits per heavy atom. The van der Waals surface area contributed by atoms with Gasteiger partial charge in [-0.15, -0.1) is 11.8 Å². The van der Waals surface area contributed by atoms with Crippen molar-refractivity contribution in [2.75, 3.05) is 11.1 Å². The summed E-state index contributed by atoms with van der Waals surface area (Å²) in [5.74, 6) is -0.0767. The van der Waals surface area contributed by atoms with Crippen molar-refractivity contribution in [3.63, 3.8) is 0 Å². The topological polar surface area (TPSA) is 114 Å². The minimum Gasteiger partial charge on any atom is -0.508 e. The average Bonchev–Trinajstić information content (AvgIpc) is 2.93. The number of carbonyl (C=O) groups excluding carboxylic acids is 2. The van der Waals surface area contributed by atoms with E-state index < -0.39 is 24.3 Å². The maximum absolute atomic E-state index is 12.5. The van der Waals surface area contributed by atoms with E-state index in [1.165, 1.54) is 13.8 Å². The molecule has 1 heterocycles. The molecule has 0 saturated carbocycles. The van der Waals surface area contributed by atoms with Crippen molar-refractivity contribution in [1.29, 1.82) is 0 Å². The molecule has 39 heavy (non-hydrogen) atoms.